The summed E-state index contributed by atoms with van der Waals surface area (Å²) in [5, 5.41) is 8.68. The predicted octanol–water partition coefficient (Wildman–Crippen LogP) is 3.71. The molecule has 4 nitrogen and oxygen atoms in total. The molecule has 0 spiro atoms. The summed E-state index contributed by atoms with van der Waals surface area (Å²) in [6.07, 6.45) is 0.719. The molecule has 0 saturated heterocycles. The van der Waals surface area contributed by atoms with Crippen molar-refractivity contribution >= 4 is 17.9 Å². The molecule has 0 fully saturated rings. The van der Waals surface area contributed by atoms with Crippen LogP contribution in [0.15, 0.2) is 48.5 Å². The zero-order valence-corrected chi connectivity index (χ0v) is 12.1. The second kappa shape index (κ2) is 5.50. The molecule has 0 aliphatic carbocycles. The van der Waals surface area contributed by atoms with Gasteiger partial charge in [0.1, 0.15) is 5.69 Å². The Morgan fingerprint density at radius 1 is 1.14 bits per heavy atom. The number of halogens is 1. The molecule has 0 bridgehead atoms. The minimum absolute atomic E-state index is 0.315. The van der Waals surface area contributed by atoms with E-state index >= 15 is 0 Å². The number of aldehydes is 1. The second-order valence-corrected chi connectivity index (χ2v) is 5.14. The van der Waals surface area contributed by atoms with Crippen LogP contribution >= 0.6 is 11.6 Å². The summed E-state index contributed by atoms with van der Waals surface area (Å²) in [4.78, 5) is 11.2. The fraction of sp³-hybridized carbons (Fsp3) is 0.0625. The van der Waals surface area contributed by atoms with E-state index in [-0.39, 0.29) is 0 Å². The first kappa shape index (κ1) is 13.5. The number of hydrogen-bond donors (Lipinski definition) is 0. The van der Waals surface area contributed by atoms with E-state index < -0.39 is 0 Å². The molecule has 3 aromatic rings. The molecule has 0 aliphatic rings. The van der Waals surface area contributed by atoms with Gasteiger partial charge in [0.25, 0.3) is 0 Å². The number of rotatable bonds is 3. The summed E-state index contributed by atoms with van der Waals surface area (Å²) in [7, 11) is 0. The zero-order valence-electron chi connectivity index (χ0n) is 11.3. The molecule has 21 heavy (non-hydrogen) atoms. The van der Waals surface area contributed by atoms with Crippen molar-refractivity contribution < 1.29 is 4.79 Å². The van der Waals surface area contributed by atoms with Gasteiger partial charge in [0.2, 0.25) is 0 Å². The molecular weight excluding hydrogens is 286 g/mol. The summed E-state index contributed by atoms with van der Waals surface area (Å²) in [5.74, 6) is 0. The molecule has 0 saturated carbocycles. The molecular formula is C16H12ClN3O. The van der Waals surface area contributed by atoms with E-state index in [1.807, 2.05) is 43.3 Å². The molecule has 0 radical (unpaired) electrons. The lowest BCUT2D eigenvalue weighted by Gasteiger charge is -2.08. The van der Waals surface area contributed by atoms with Gasteiger partial charge in [-0.15, -0.1) is 5.10 Å². The van der Waals surface area contributed by atoms with Crippen LogP contribution in [0.4, 0.5) is 0 Å². The quantitative estimate of drug-likeness (QED) is 0.692. The molecule has 0 atom stereocenters. The number of carbonyl (C=O) groups is 1. The normalized spacial score (nSPS) is 10.6. The number of benzene rings is 2. The maximum absolute atomic E-state index is 11.2. The van der Waals surface area contributed by atoms with Crippen molar-refractivity contribution in [3.05, 3.63) is 64.8 Å². The molecule has 104 valence electrons. The van der Waals surface area contributed by atoms with E-state index in [0.717, 1.165) is 23.1 Å². The maximum Gasteiger partial charge on any atom is 0.172 e. The van der Waals surface area contributed by atoms with Crippen LogP contribution in [0.3, 0.4) is 0 Å². The van der Waals surface area contributed by atoms with Crippen molar-refractivity contribution in [1.82, 2.24) is 15.0 Å². The van der Waals surface area contributed by atoms with Gasteiger partial charge in [-0.1, -0.05) is 40.6 Å². The average molecular weight is 298 g/mol. The molecule has 0 N–H and O–H groups in total. The third kappa shape index (κ3) is 2.58. The Bertz CT molecular complexity index is 794. The largest absolute Gasteiger partial charge is 0.296 e. The monoisotopic (exact) mass is 297 g/mol. The van der Waals surface area contributed by atoms with E-state index in [0.29, 0.717) is 16.4 Å². The number of aromatic nitrogens is 3. The minimum Gasteiger partial charge on any atom is -0.296 e. The summed E-state index contributed by atoms with van der Waals surface area (Å²) >= 11 is 5.91. The summed E-state index contributed by atoms with van der Waals surface area (Å²) in [5.41, 5.74) is 3.80. The van der Waals surface area contributed by atoms with Crippen LogP contribution < -0.4 is 0 Å². The highest BCUT2D eigenvalue weighted by molar-refractivity contribution is 6.30. The summed E-state index contributed by atoms with van der Waals surface area (Å²) in [6.45, 7) is 2.00. The Morgan fingerprint density at radius 3 is 2.57 bits per heavy atom. The highest BCUT2D eigenvalue weighted by atomic mass is 35.5. The lowest BCUT2D eigenvalue weighted by atomic mass is 10.1. The Kier molecular flexibility index (Phi) is 3.54. The summed E-state index contributed by atoms with van der Waals surface area (Å²) < 4.78 is 1.65. The van der Waals surface area contributed by atoms with Gasteiger partial charge >= 0.3 is 0 Å². The van der Waals surface area contributed by atoms with Crippen molar-refractivity contribution in [2.75, 3.05) is 0 Å². The molecule has 0 amide bonds. The number of carbonyl (C=O) groups excluding carboxylic acids is 1. The molecule has 1 aromatic heterocycles. The topological polar surface area (TPSA) is 47.8 Å². The van der Waals surface area contributed by atoms with Crippen molar-refractivity contribution in [3.63, 3.8) is 0 Å². The molecule has 2 aromatic carbocycles. The summed E-state index contributed by atoms with van der Waals surface area (Å²) in [6, 6.07) is 15.1. The lowest BCUT2D eigenvalue weighted by molar-refractivity contribution is 0.111. The van der Waals surface area contributed by atoms with Gasteiger partial charge in [0.15, 0.2) is 12.0 Å². The highest BCUT2D eigenvalue weighted by Crippen LogP contribution is 2.25. The van der Waals surface area contributed by atoms with Crippen LogP contribution in [0.1, 0.15) is 16.1 Å². The van der Waals surface area contributed by atoms with Gasteiger partial charge in [-0.2, -0.15) is 0 Å². The van der Waals surface area contributed by atoms with E-state index in [2.05, 4.69) is 10.3 Å². The average Bonchev–Trinajstić information content (AvgIpc) is 2.92. The molecule has 0 aliphatic heterocycles. The SMILES string of the molecule is Cc1cccc(-c2c(C=O)nnn2-c2ccc(Cl)cc2)c1. The first-order chi connectivity index (χ1) is 10.2. The van der Waals surface area contributed by atoms with Crippen LogP contribution in [-0.2, 0) is 0 Å². The van der Waals surface area contributed by atoms with Gasteiger partial charge in [-0.3, -0.25) is 4.79 Å². The number of nitrogens with zero attached hydrogens (tertiary/aromatic N) is 3. The smallest absolute Gasteiger partial charge is 0.172 e. The van der Waals surface area contributed by atoms with Crippen LogP contribution in [-0.4, -0.2) is 21.3 Å². The van der Waals surface area contributed by atoms with Gasteiger partial charge in [0.05, 0.1) is 5.69 Å². The first-order valence-electron chi connectivity index (χ1n) is 6.43. The van der Waals surface area contributed by atoms with Crippen molar-refractivity contribution in [2.45, 2.75) is 6.92 Å². The third-order valence-electron chi connectivity index (χ3n) is 3.17. The lowest BCUT2D eigenvalue weighted by Crippen LogP contribution is -2.00. The van der Waals surface area contributed by atoms with E-state index in [9.17, 15) is 4.79 Å². The molecule has 1 heterocycles. The fourth-order valence-corrected chi connectivity index (χ4v) is 2.32. The Morgan fingerprint density at radius 2 is 1.90 bits per heavy atom. The molecule has 3 rings (SSSR count). The van der Waals surface area contributed by atoms with Gasteiger partial charge < -0.3 is 0 Å². The van der Waals surface area contributed by atoms with Crippen LogP contribution in [0.2, 0.25) is 5.02 Å². The van der Waals surface area contributed by atoms with Crippen molar-refractivity contribution in [3.8, 4) is 16.9 Å². The predicted molar refractivity (Wildman–Crippen MR) is 81.9 cm³/mol. The zero-order chi connectivity index (χ0) is 14.8. The highest BCUT2D eigenvalue weighted by Gasteiger charge is 2.15. The van der Waals surface area contributed by atoms with Gasteiger partial charge in [-0.25, -0.2) is 4.68 Å². The van der Waals surface area contributed by atoms with E-state index in [1.54, 1.807) is 16.8 Å². The van der Waals surface area contributed by atoms with Crippen molar-refractivity contribution in [2.24, 2.45) is 0 Å². The second-order valence-electron chi connectivity index (χ2n) is 4.70. The Labute approximate surface area is 127 Å². The Hall–Kier alpha value is -2.46. The standard InChI is InChI=1S/C16H12ClN3O/c1-11-3-2-4-12(9-11)16-15(10-21)18-19-20(16)14-7-5-13(17)6-8-14/h2-10H,1H3. The van der Waals surface area contributed by atoms with Gasteiger partial charge in [-0.05, 0) is 37.3 Å². The number of hydrogen-bond acceptors (Lipinski definition) is 3. The van der Waals surface area contributed by atoms with Crippen LogP contribution in [0.25, 0.3) is 16.9 Å². The minimum atomic E-state index is 0.315. The fourth-order valence-electron chi connectivity index (χ4n) is 2.20. The van der Waals surface area contributed by atoms with Crippen molar-refractivity contribution in [1.29, 1.82) is 0 Å². The Balaban J connectivity index is 2.21. The maximum atomic E-state index is 11.2. The van der Waals surface area contributed by atoms with E-state index in [1.165, 1.54) is 0 Å². The third-order valence-corrected chi connectivity index (χ3v) is 3.42. The first-order valence-corrected chi connectivity index (χ1v) is 6.80. The number of aryl methyl sites for hydroxylation is 1. The van der Waals surface area contributed by atoms with Crippen LogP contribution in [0, 0.1) is 6.92 Å². The van der Waals surface area contributed by atoms with Gasteiger partial charge in [0, 0.05) is 10.6 Å². The molecule has 0 unspecified atom stereocenters. The van der Waals surface area contributed by atoms with Crippen LogP contribution in [0.5, 0.6) is 0 Å². The molecule has 5 heteroatoms. The van der Waals surface area contributed by atoms with E-state index in [4.69, 9.17) is 11.6 Å².